The molecule has 1 aromatic rings. The van der Waals surface area contributed by atoms with Gasteiger partial charge in [0, 0.05) is 0 Å². The molecule has 0 bridgehead atoms. The van der Waals surface area contributed by atoms with E-state index < -0.39 is 12.5 Å². The van der Waals surface area contributed by atoms with Crippen LogP contribution in [0.3, 0.4) is 0 Å². The maximum absolute atomic E-state index is 12.0. The number of hydrogen-bond donors (Lipinski definition) is 2. The molecule has 0 aliphatic rings. The van der Waals surface area contributed by atoms with E-state index in [9.17, 15) is 13.9 Å². The fourth-order valence-corrected chi connectivity index (χ4v) is 0.956. The summed E-state index contributed by atoms with van der Waals surface area (Å²) in [6.07, 6.45) is -4.66. The second-order valence-electron chi connectivity index (χ2n) is 2.83. The summed E-state index contributed by atoms with van der Waals surface area (Å²) in [5, 5.41) is 18.1. The Labute approximate surface area is 74.4 Å². The number of phenols is 1. The van der Waals surface area contributed by atoms with Crippen LogP contribution in [-0.4, -0.2) is 16.6 Å². The van der Waals surface area contributed by atoms with Gasteiger partial charge in [-0.25, -0.2) is 8.78 Å². The van der Waals surface area contributed by atoms with Crippen molar-refractivity contribution in [2.45, 2.75) is 19.5 Å². The van der Waals surface area contributed by atoms with Gasteiger partial charge in [0.1, 0.15) is 11.9 Å². The molecule has 0 radical (unpaired) electrons. The van der Waals surface area contributed by atoms with Gasteiger partial charge in [-0.1, -0.05) is 12.1 Å². The molecule has 0 saturated carbocycles. The third-order valence-electron chi connectivity index (χ3n) is 1.81. The number of halogens is 2. The Hall–Kier alpha value is -1.16. The maximum atomic E-state index is 12.0. The van der Waals surface area contributed by atoms with Gasteiger partial charge in [0.25, 0.3) is 6.43 Å². The highest BCUT2D eigenvalue weighted by atomic mass is 19.3. The van der Waals surface area contributed by atoms with Crippen molar-refractivity contribution in [2.75, 3.05) is 0 Å². The second kappa shape index (κ2) is 3.70. The van der Waals surface area contributed by atoms with Crippen LogP contribution in [0.1, 0.15) is 17.2 Å². The summed E-state index contributed by atoms with van der Waals surface area (Å²) in [6.45, 7) is 1.65. The monoisotopic (exact) mass is 188 g/mol. The lowest BCUT2D eigenvalue weighted by atomic mass is 10.1. The van der Waals surface area contributed by atoms with Crippen molar-refractivity contribution in [1.29, 1.82) is 0 Å². The van der Waals surface area contributed by atoms with Crippen LogP contribution in [0.2, 0.25) is 0 Å². The van der Waals surface area contributed by atoms with E-state index >= 15 is 0 Å². The normalized spacial score (nSPS) is 13.3. The highest BCUT2D eigenvalue weighted by Crippen LogP contribution is 2.25. The first kappa shape index (κ1) is 9.92. The SMILES string of the molecule is Cc1ccc(C(O)C(F)F)cc1O. The minimum atomic E-state index is -2.83. The Morgan fingerprint density at radius 2 is 1.92 bits per heavy atom. The molecule has 2 nitrogen and oxygen atoms in total. The van der Waals surface area contributed by atoms with Crippen LogP contribution in [0.25, 0.3) is 0 Å². The molecule has 0 heterocycles. The molecule has 0 saturated heterocycles. The van der Waals surface area contributed by atoms with E-state index in [0.717, 1.165) is 6.07 Å². The van der Waals surface area contributed by atoms with Gasteiger partial charge in [-0.05, 0) is 24.1 Å². The number of aromatic hydroxyl groups is 1. The van der Waals surface area contributed by atoms with Gasteiger partial charge in [-0.15, -0.1) is 0 Å². The highest BCUT2D eigenvalue weighted by molar-refractivity contribution is 5.36. The van der Waals surface area contributed by atoms with Crippen LogP contribution >= 0.6 is 0 Å². The quantitative estimate of drug-likeness (QED) is 0.745. The third-order valence-corrected chi connectivity index (χ3v) is 1.81. The van der Waals surface area contributed by atoms with Crippen molar-refractivity contribution in [2.24, 2.45) is 0 Å². The van der Waals surface area contributed by atoms with E-state index in [2.05, 4.69) is 0 Å². The van der Waals surface area contributed by atoms with E-state index in [0.29, 0.717) is 5.56 Å². The number of aryl methyl sites for hydroxylation is 1. The van der Waals surface area contributed by atoms with E-state index in [1.165, 1.54) is 12.1 Å². The van der Waals surface area contributed by atoms with Crippen LogP contribution < -0.4 is 0 Å². The van der Waals surface area contributed by atoms with Crippen molar-refractivity contribution in [1.82, 2.24) is 0 Å². The molecule has 0 amide bonds. The molecule has 1 atom stereocenters. The number of aliphatic hydroxyl groups is 1. The zero-order valence-corrected chi connectivity index (χ0v) is 7.04. The Bertz CT molecular complexity index is 300. The van der Waals surface area contributed by atoms with Crippen LogP contribution in [-0.2, 0) is 0 Å². The molecular weight excluding hydrogens is 178 g/mol. The molecule has 13 heavy (non-hydrogen) atoms. The first-order valence-electron chi connectivity index (χ1n) is 3.78. The molecule has 0 spiro atoms. The van der Waals surface area contributed by atoms with Gasteiger partial charge in [0.2, 0.25) is 0 Å². The van der Waals surface area contributed by atoms with Gasteiger partial charge in [-0.3, -0.25) is 0 Å². The first-order valence-corrected chi connectivity index (χ1v) is 3.78. The summed E-state index contributed by atoms with van der Waals surface area (Å²) in [4.78, 5) is 0. The average molecular weight is 188 g/mol. The van der Waals surface area contributed by atoms with Crippen LogP contribution in [0, 0.1) is 6.92 Å². The molecular formula is C9H10F2O2. The standard InChI is InChI=1S/C9H10F2O2/c1-5-2-3-6(4-7(5)12)8(13)9(10)11/h2-4,8-9,12-13H,1H3. The molecule has 2 N–H and O–H groups in total. The van der Waals surface area contributed by atoms with Crippen LogP contribution in [0.4, 0.5) is 8.78 Å². The number of rotatable bonds is 2. The van der Waals surface area contributed by atoms with E-state index in [1.807, 2.05) is 0 Å². The summed E-state index contributed by atoms with van der Waals surface area (Å²) >= 11 is 0. The lowest BCUT2D eigenvalue weighted by molar-refractivity contribution is -0.00587. The van der Waals surface area contributed by atoms with Gasteiger partial charge < -0.3 is 10.2 Å². The Kier molecular flexibility index (Phi) is 2.83. The molecule has 0 aromatic heterocycles. The molecule has 0 aliphatic heterocycles. The Morgan fingerprint density at radius 1 is 1.31 bits per heavy atom. The Morgan fingerprint density at radius 3 is 2.38 bits per heavy atom. The van der Waals surface area contributed by atoms with Crippen LogP contribution in [0.5, 0.6) is 5.75 Å². The number of hydrogen-bond acceptors (Lipinski definition) is 2. The molecule has 4 heteroatoms. The lowest BCUT2D eigenvalue weighted by Gasteiger charge is -2.10. The summed E-state index contributed by atoms with van der Waals surface area (Å²) in [5.74, 6) is -0.0859. The number of benzene rings is 1. The zero-order chi connectivity index (χ0) is 10.0. The largest absolute Gasteiger partial charge is 0.508 e. The van der Waals surface area contributed by atoms with Crippen molar-refractivity contribution >= 4 is 0 Å². The predicted octanol–water partition coefficient (Wildman–Crippen LogP) is 2.00. The van der Waals surface area contributed by atoms with Crippen molar-refractivity contribution < 1.29 is 19.0 Å². The van der Waals surface area contributed by atoms with E-state index in [-0.39, 0.29) is 11.3 Å². The Balaban J connectivity index is 2.97. The van der Waals surface area contributed by atoms with Crippen molar-refractivity contribution in [3.8, 4) is 5.75 Å². The molecule has 1 rings (SSSR count). The van der Waals surface area contributed by atoms with Gasteiger partial charge in [-0.2, -0.15) is 0 Å². The molecule has 72 valence electrons. The average Bonchev–Trinajstić information content (AvgIpc) is 2.08. The van der Waals surface area contributed by atoms with Crippen molar-refractivity contribution in [3.63, 3.8) is 0 Å². The fourth-order valence-electron chi connectivity index (χ4n) is 0.956. The molecule has 1 unspecified atom stereocenters. The number of alkyl halides is 2. The van der Waals surface area contributed by atoms with E-state index in [1.54, 1.807) is 6.92 Å². The summed E-state index contributed by atoms with van der Waals surface area (Å²) in [6, 6.07) is 3.99. The smallest absolute Gasteiger partial charge is 0.268 e. The topological polar surface area (TPSA) is 40.5 Å². The fraction of sp³-hybridized carbons (Fsp3) is 0.333. The lowest BCUT2D eigenvalue weighted by Crippen LogP contribution is -2.07. The van der Waals surface area contributed by atoms with Crippen molar-refractivity contribution in [3.05, 3.63) is 29.3 Å². The third kappa shape index (κ3) is 2.15. The molecule has 1 aromatic carbocycles. The number of aliphatic hydroxyl groups excluding tert-OH is 1. The van der Waals surface area contributed by atoms with Crippen LogP contribution in [0.15, 0.2) is 18.2 Å². The molecule has 0 fully saturated rings. The first-order chi connectivity index (χ1) is 6.02. The van der Waals surface area contributed by atoms with Gasteiger partial charge >= 0.3 is 0 Å². The summed E-state index contributed by atoms with van der Waals surface area (Å²) in [5.41, 5.74) is 0.614. The molecule has 0 aliphatic carbocycles. The highest BCUT2D eigenvalue weighted by Gasteiger charge is 2.19. The van der Waals surface area contributed by atoms with Gasteiger partial charge in [0.15, 0.2) is 0 Å². The predicted molar refractivity (Wildman–Crippen MR) is 43.8 cm³/mol. The number of phenolic OH excluding ortho intramolecular Hbond substituents is 1. The second-order valence-corrected chi connectivity index (χ2v) is 2.83. The minimum Gasteiger partial charge on any atom is -0.508 e. The van der Waals surface area contributed by atoms with E-state index in [4.69, 9.17) is 5.11 Å². The minimum absolute atomic E-state index is 0.0260. The summed E-state index contributed by atoms with van der Waals surface area (Å²) < 4.78 is 24.0. The summed E-state index contributed by atoms with van der Waals surface area (Å²) in [7, 11) is 0. The van der Waals surface area contributed by atoms with Gasteiger partial charge in [0.05, 0.1) is 0 Å². The zero-order valence-electron chi connectivity index (χ0n) is 7.04. The maximum Gasteiger partial charge on any atom is 0.268 e.